The molecule has 2 aromatic rings. The summed E-state index contributed by atoms with van der Waals surface area (Å²) in [4.78, 5) is 2.53. The Balaban J connectivity index is 1.42. The quantitative estimate of drug-likeness (QED) is 0.848. The first-order valence-electron chi connectivity index (χ1n) is 8.99. The lowest BCUT2D eigenvalue weighted by molar-refractivity contribution is -0.00394. The van der Waals surface area contributed by atoms with Gasteiger partial charge in [-0.1, -0.05) is 54.6 Å². The van der Waals surface area contributed by atoms with Gasteiger partial charge in [0.1, 0.15) is 0 Å². The average molecular weight is 324 g/mol. The van der Waals surface area contributed by atoms with Crippen molar-refractivity contribution in [1.29, 1.82) is 0 Å². The van der Waals surface area contributed by atoms with Gasteiger partial charge in [0.05, 0.1) is 12.7 Å². The van der Waals surface area contributed by atoms with Crippen LogP contribution in [0.5, 0.6) is 0 Å². The van der Waals surface area contributed by atoms with Gasteiger partial charge in [0.25, 0.3) is 0 Å². The Morgan fingerprint density at radius 1 is 0.917 bits per heavy atom. The van der Waals surface area contributed by atoms with E-state index in [0.29, 0.717) is 12.6 Å². The second-order valence-electron chi connectivity index (χ2n) is 6.63. The Kier molecular flexibility index (Phi) is 6.41. The zero-order valence-electron chi connectivity index (χ0n) is 14.4. The molecule has 1 fully saturated rings. The molecule has 1 heterocycles. The highest BCUT2D eigenvalue weighted by Gasteiger charge is 2.19. The normalized spacial score (nSPS) is 16.4. The van der Waals surface area contributed by atoms with Gasteiger partial charge in [-0.05, 0) is 42.5 Å². The molecule has 128 valence electrons. The lowest BCUT2D eigenvalue weighted by Gasteiger charge is -2.32. The number of hydrogen-bond donors (Lipinski definition) is 1. The molecule has 1 saturated heterocycles. The van der Waals surface area contributed by atoms with Crippen molar-refractivity contribution in [3.8, 4) is 0 Å². The summed E-state index contributed by atoms with van der Waals surface area (Å²) in [6, 6.07) is 19.3. The number of nitrogens with zero attached hydrogens (tertiary/aromatic N) is 1. The van der Waals surface area contributed by atoms with E-state index < -0.39 is 0 Å². The molecule has 0 aliphatic carbocycles. The fourth-order valence-electron chi connectivity index (χ4n) is 3.33. The van der Waals surface area contributed by atoms with Gasteiger partial charge in [-0.15, -0.1) is 0 Å². The van der Waals surface area contributed by atoms with Crippen LogP contribution in [0.15, 0.2) is 54.6 Å². The highest BCUT2D eigenvalue weighted by molar-refractivity contribution is 5.23. The number of likely N-dealkylation sites (tertiary alicyclic amines) is 1. The van der Waals surface area contributed by atoms with Gasteiger partial charge in [-0.2, -0.15) is 0 Å². The molecule has 0 bridgehead atoms. The Bertz CT molecular complexity index is 606. The predicted molar refractivity (Wildman–Crippen MR) is 98.7 cm³/mol. The molecular formula is C21H28N2O. The van der Waals surface area contributed by atoms with Gasteiger partial charge in [0.15, 0.2) is 0 Å². The lowest BCUT2D eigenvalue weighted by atomic mass is 10.0. The molecule has 3 rings (SSSR count). The Morgan fingerprint density at radius 3 is 2.38 bits per heavy atom. The third-order valence-corrected chi connectivity index (χ3v) is 4.69. The van der Waals surface area contributed by atoms with E-state index in [-0.39, 0.29) is 0 Å². The number of nitrogens with two attached hydrogens (primary N) is 1. The van der Waals surface area contributed by atoms with Crippen molar-refractivity contribution < 1.29 is 4.74 Å². The Hall–Kier alpha value is -1.68. The summed E-state index contributed by atoms with van der Waals surface area (Å²) in [7, 11) is 0. The molecule has 0 radical (unpaired) electrons. The van der Waals surface area contributed by atoms with Gasteiger partial charge in [0, 0.05) is 19.6 Å². The van der Waals surface area contributed by atoms with Crippen LogP contribution in [-0.2, 0) is 24.3 Å². The molecule has 24 heavy (non-hydrogen) atoms. The molecule has 0 amide bonds. The first kappa shape index (κ1) is 17.2. The maximum absolute atomic E-state index is 6.08. The van der Waals surface area contributed by atoms with E-state index in [1.165, 1.54) is 16.7 Å². The van der Waals surface area contributed by atoms with E-state index in [9.17, 15) is 0 Å². The molecular weight excluding hydrogens is 296 g/mol. The summed E-state index contributed by atoms with van der Waals surface area (Å²) in [6.45, 7) is 4.70. The topological polar surface area (TPSA) is 38.5 Å². The minimum absolute atomic E-state index is 0.394. The van der Waals surface area contributed by atoms with Gasteiger partial charge in [0.2, 0.25) is 0 Å². The van der Waals surface area contributed by atoms with Crippen LogP contribution in [0.4, 0.5) is 0 Å². The predicted octanol–water partition coefficient (Wildman–Crippen LogP) is 3.37. The van der Waals surface area contributed by atoms with Crippen LogP contribution >= 0.6 is 0 Å². The summed E-state index contributed by atoms with van der Waals surface area (Å²) in [5.41, 5.74) is 9.65. The van der Waals surface area contributed by atoms with E-state index in [0.717, 1.165) is 45.5 Å². The summed E-state index contributed by atoms with van der Waals surface area (Å²) in [5.74, 6) is 0. The summed E-state index contributed by atoms with van der Waals surface area (Å²) >= 11 is 0. The standard InChI is InChI=1S/C21H28N2O/c22-12-9-18-7-4-8-20(15-18)16-23-13-10-21(11-14-23)24-17-19-5-2-1-3-6-19/h1-8,15,21H,9-14,16-17,22H2. The first-order chi connectivity index (χ1) is 11.8. The lowest BCUT2D eigenvalue weighted by Crippen LogP contribution is -2.36. The highest BCUT2D eigenvalue weighted by atomic mass is 16.5. The molecule has 0 saturated carbocycles. The third kappa shape index (κ3) is 5.17. The smallest absolute Gasteiger partial charge is 0.0720 e. The number of piperidine rings is 1. The fourth-order valence-corrected chi connectivity index (χ4v) is 3.33. The molecule has 1 aliphatic rings. The van der Waals surface area contributed by atoms with Crippen LogP contribution in [0.25, 0.3) is 0 Å². The fraction of sp³-hybridized carbons (Fsp3) is 0.429. The Morgan fingerprint density at radius 2 is 1.62 bits per heavy atom. The first-order valence-corrected chi connectivity index (χ1v) is 8.99. The monoisotopic (exact) mass is 324 g/mol. The van der Waals surface area contributed by atoms with Crippen molar-refractivity contribution in [2.45, 2.75) is 38.5 Å². The highest BCUT2D eigenvalue weighted by Crippen LogP contribution is 2.18. The molecule has 2 N–H and O–H groups in total. The van der Waals surface area contributed by atoms with Crippen LogP contribution < -0.4 is 5.73 Å². The zero-order chi connectivity index (χ0) is 16.6. The van der Waals surface area contributed by atoms with E-state index in [2.05, 4.69) is 53.4 Å². The van der Waals surface area contributed by atoms with Crippen LogP contribution in [0, 0.1) is 0 Å². The number of hydrogen-bond acceptors (Lipinski definition) is 3. The number of benzene rings is 2. The number of rotatable bonds is 7. The van der Waals surface area contributed by atoms with Crippen LogP contribution in [0.1, 0.15) is 29.5 Å². The summed E-state index contributed by atoms with van der Waals surface area (Å²) in [6.07, 6.45) is 3.60. The number of ether oxygens (including phenoxy) is 1. The summed E-state index contributed by atoms with van der Waals surface area (Å²) < 4.78 is 6.08. The zero-order valence-corrected chi connectivity index (χ0v) is 14.4. The van der Waals surface area contributed by atoms with E-state index in [1.807, 2.05) is 6.07 Å². The molecule has 2 aromatic carbocycles. The van der Waals surface area contributed by atoms with Crippen molar-refractivity contribution in [2.75, 3.05) is 19.6 Å². The van der Waals surface area contributed by atoms with Crippen molar-refractivity contribution in [3.63, 3.8) is 0 Å². The van der Waals surface area contributed by atoms with Crippen molar-refractivity contribution >= 4 is 0 Å². The van der Waals surface area contributed by atoms with Gasteiger partial charge < -0.3 is 10.5 Å². The average Bonchev–Trinajstić information content (AvgIpc) is 2.63. The molecule has 3 heteroatoms. The maximum Gasteiger partial charge on any atom is 0.0720 e. The molecule has 1 aliphatic heterocycles. The molecule has 0 atom stereocenters. The second-order valence-corrected chi connectivity index (χ2v) is 6.63. The van der Waals surface area contributed by atoms with Crippen LogP contribution in [0.3, 0.4) is 0 Å². The van der Waals surface area contributed by atoms with Crippen molar-refractivity contribution in [1.82, 2.24) is 4.90 Å². The van der Waals surface area contributed by atoms with Gasteiger partial charge in [-0.3, -0.25) is 4.90 Å². The van der Waals surface area contributed by atoms with Crippen molar-refractivity contribution in [2.24, 2.45) is 5.73 Å². The van der Waals surface area contributed by atoms with Gasteiger partial charge in [-0.25, -0.2) is 0 Å². The molecule has 3 nitrogen and oxygen atoms in total. The molecule has 0 aromatic heterocycles. The van der Waals surface area contributed by atoms with E-state index in [1.54, 1.807) is 0 Å². The van der Waals surface area contributed by atoms with E-state index >= 15 is 0 Å². The minimum Gasteiger partial charge on any atom is -0.373 e. The second kappa shape index (κ2) is 8.97. The third-order valence-electron chi connectivity index (χ3n) is 4.69. The van der Waals surface area contributed by atoms with Crippen LogP contribution in [0.2, 0.25) is 0 Å². The maximum atomic E-state index is 6.08. The Labute approximate surface area is 145 Å². The largest absolute Gasteiger partial charge is 0.373 e. The molecule has 0 spiro atoms. The SMILES string of the molecule is NCCc1cccc(CN2CCC(OCc3ccccc3)CC2)c1. The van der Waals surface area contributed by atoms with Gasteiger partial charge >= 0.3 is 0 Å². The van der Waals surface area contributed by atoms with Crippen molar-refractivity contribution in [3.05, 3.63) is 71.3 Å². The van der Waals surface area contributed by atoms with E-state index in [4.69, 9.17) is 10.5 Å². The van der Waals surface area contributed by atoms with Crippen LogP contribution in [-0.4, -0.2) is 30.6 Å². The molecule has 0 unspecified atom stereocenters. The minimum atomic E-state index is 0.394. The summed E-state index contributed by atoms with van der Waals surface area (Å²) in [5, 5.41) is 0.